The molecule has 0 aromatic heterocycles. The monoisotopic (exact) mass is 265 g/mol. The number of nitrogens with one attached hydrogen (secondary N) is 1. The lowest BCUT2D eigenvalue weighted by Crippen LogP contribution is -2.31. The summed E-state index contributed by atoms with van der Waals surface area (Å²) in [6.07, 6.45) is 5.65. The maximum absolute atomic E-state index is 5.50. The molecule has 1 aromatic carbocycles. The van der Waals surface area contributed by atoms with Crippen LogP contribution in [0.4, 0.5) is 0 Å². The third-order valence-corrected chi connectivity index (χ3v) is 4.30. The molecule has 0 saturated carbocycles. The van der Waals surface area contributed by atoms with Crippen molar-refractivity contribution in [2.24, 2.45) is 0 Å². The van der Waals surface area contributed by atoms with Gasteiger partial charge in [-0.15, -0.1) is 11.8 Å². The molecule has 0 spiro atoms. The van der Waals surface area contributed by atoms with Gasteiger partial charge < -0.3 is 10.1 Å². The zero-order chi connectivity index (χ0) is 12.8. The average Bonchev–Trinajstić information content (AvgIpc) is 2.67. The fourth-order valence-corrected chi connectivity index (χ4v) is 2.82. The standard InChI is InChI=1S/C15H23NOS/c1-12(13-5-7-15(18-2)8-6-13)16-14-4-3-10-17-11-9-14/h5-8,12,14,16H,3-4,9-11H2,1-2H3. The highest BCUT2D eigenvalue weighted by atomic mass is 32.2. The van der Waals surface area contributed by atoms with Gasteiger partial charge in [-0.25, -0.2) is 0 Å². The Kier molecular flexibility index (Phi) is 5.54. The summed E-state index contributed by atoms with van der Waals surface area (Å²) >= 11 is 1.79. The lowest BCUT2D eigenvalue weighted by molar-refractivity contribution is 0.142. The quantitative estimate of drug-likeness (QED) is 0.840. The van der Waals surface area contributed by atoms with E-state index >= 15 is 0 Å². The summed E-state index contributed by atoms with van der Waals surface area (Å²) < 4.78 is 5.50. The normalized spacial score (nSPS) is 22.4. The first kappa shape index (κ1) is 13.9. The molecule has 1 heterocycles. The van der Waals surface area contributed by atoms with Gasteiger partial charge in [0.05, 0.1) is 0 Å². The highest BCUT2D eigenvalue weighted by molar-refractivity contribution is 7.98. The lowest BCUT2D eigenvalue weighted by Gasteiger charge is -2.22. The molecule has 1 saturated heterocycles. The van der Waals surface area contributed by atoms with E-state index in [1.54, 1.807) is 11.8 Å². The summed E-state index contributed by atoms with van der Waals surface area (Å²) in [4.78, 5) is 1.33. The molecule has 1 aliphatic rings. The molecule has 2 unspecified atom stereocenters. The third-order valence-electron chi connectivity index (χ3n) is 3.55. The van der Waals surface area contributed by atoms with Crippen LogP contribution in [0, 0.1) is 0 Å². The van der Waals surface area contributed by atoms with Crippen LogP contribution in [-0.4, -0.2) is 25.5 Å². The van der Waals surface area contributed by atoms with Crippen molar-refractivity contribution in [3.8, 4) is 0 Å². The third kappa shape index (κ3) is 4.01. The summed E-state index contributed by atoms with van der Waals surface area (Å²) in [6.45, 7) is 4.07. The van der Waals surface area contributed by atoms with E-state index in [9.17, 15) is 0 Å². The van der Waals surface area contributed by atoms with Gasteiger partial charge in [-0.2, -0.15) is 0 Å². The Balaban J connectivity index is 1.90. The molecule has 0 aliphatic carbocycles. The summed E-state index contributed by atoms with van der Waals surface area (Å²) in [6, 6.07) is 9.89. The molecule has 2 nitrogen and oxygen atoms in total. The summed E-state index contributed by atoms with van der Waals surface area (Å²) in [5.41, 5.74) is 1.37. The molecule has 1 N–H and O–H groups in total. The topological polar surface area (TPSA) is 21.3 Å². The second kappa shape index (κ2) is 7.17. The van der Waals surface area contributed by atoms with Crippen LogP contribution in [0.2, 0.25) is 0 Å². The predicted octanol–water partition coefficient (Wildman–Crippen LogP) is 3.63. The van der Waals surface area contributed by atoms with Crippen LogP contribution in [0.15, 0.2) is 29.2 Å². The number of thioether (sulfide) groups is 1. The van der Waals surface area contributed by atoms with Gasteiger partial charge in [0.25, 0.3) is 0 Å². The van der Waals surface area contributed by atoms with Crippen molar-refractivity contribution in [2.75, 3.05) is 19.5 Å². The molecule has 100 valence electrons. The first-order valence-electron chi connectivity index (χ1n) is 6.77. The molecule has 1 aromatic rings. The summed E-state index contributed by atoms with van der Waals surface area (Å²) in [5, 5.41) is 3.73. The van der Waals surface area contributed by atoms with Crippen molar-refractivity contribution in [3.63, 3.8) is 0 Å². The van der Waals surface area contributed by atoms with Gasteiger partial charge in [0.1, 0.15) is 0 Å². The first-order valence-corrected chi connectivity index (χ1v) is 8.00. The fraction of sp³-hybridized carbons (Fsp3) is 0.600. The second-order valence-corrected chi connectivity index (χ2v) is 5.78. The Morgan fingerprint density at radius 1 is 1.22 bits per heavy atom. The Morgan fingerprint density at radius 3 is 2.72 bits per heavy atom. The minimum absolute atomic E-state index is 0.420. The maximum Gasteiger partial charge on any atom is 0.0480 e. The van der Waals surface area contributed by atoms with Crippen LogP contribution in [0.25, 0.3) is 0 Å². The van der Waals surface area contributed by atoms with Crippen molar-refractivity contribution in [3.05, 3.63) is 29.8 Å². The van der Waals surface area contributed by atoms with Gasteiger partial charge in [-0.05, 0) is 50.1 Å². The van der Waals surface area contributed by atoms with E-state index in [4.69, 9.17) is 4.74 Å². The average molecular weight is 265 g/mol. The smallest absolute Gasteiger partial charge is 0.0480 e. The van der Waals surface area contributed by atoms with E-state index in [2.05, 4.69) is 42.8 Å². The van der Waals surface area contributed by atoms with E-state index in [0.29, 0.717) is 12.1 Å². The number of rotatable bonds is 4. The fourth-order valence-electron chi connectivity index (χ4n) is 2.41. The summed E-state index contributed by atoms with van der Waals surface area (Å²) in [7, 11) is 0. The Labute approximate surface area is 114 Å². The molecule has 2 atom stereocenters. The highest BCUT2D eigenvalue weighted by Gasteiger charge is 2.15. The molecular weight excluding hydrogens is 242 g/mol. The SMILES string of the molecule is CSc1ccc(C(C)NC2CCCOCC2)cc1. The first-order chi connectivity index (χ1) is 8.79. The molecular formula is C15H23NOS. The van der Waals surface area contributed by atoms with Crippen LogP contribution in [0.5, 0.6) is 0 Å². The van der Waals surface area contributed by atoms with Crippen molar-refractivity contribution in [2.45, 2.75) is 43.2 Å². The zero-order valence-corrected chi connectivity index (χ0v) is 12.1. The Hall–Kier alpha value is -0.510. The molecule has 0 bridgehead atoms. The van der Waals surface area contributed by atoms with E-state index in [0.717, 1.165) is 19.6 Å². The van der Waals surface area contributed by atoms with Crippen molar-refractivity contribution >= 4 is 11.8 Å². The van der Waals surface area contributed by atoms with E-state index < -0.39 is 0 Å². The molecule has 1 fully saturated rings. The van der Waals surface area contributed by atoms with Crippen LogP contribution >= 0.6 is 11.8 Å². The van der Waals surface area contributed by atoms with Crippen LogP contribution < -0.4 is 5.32 Å². The predicted molar refractivity (Wildman–Crippen MR) is 78.2 cm³/mol. The van der Waals surface area contributed by atoms with Gasteiger partial charge in [-0.3, -0.25) is 0 Å². The Bertz CT molecular complexity index is 344. The number of hydrogen-bond acceptors (Lipinski definition) is 3. The van der Waals surface area contributed by atoms with Gasteiger partial charge in [0, 0.05) is 30.2 Å². The second-order valence-electron chi connectivity index (χ2n) is 4.90. The van der Waals surface area contributed by atoms with E-state index in [1.807, 2.05) is 0 Å². The van der Waals surface area contributed by atoms with Crippen LogP contribution in [0.1, 0.15) is 37.8 Å². The van der Waals surface area contributed by atoms with Crippen molar-refractivity contribution in [1.82, 2.24) is 5.32 Å². The molecule has 1 aliphatic heterocycles. The maximum atomic E-state index is 5.50. The van der Waals surface area contributed by atoms with Gasteiger partial charge in [-0.1, -0.05) is 12.1 Å². The molecule has 3 heteroatoms. The van der Waals surface area contributed by atoms with Gasteiger partial charge >= 0.3 is 0 Å². The van der Waals surface area contributed by atoms with Crippen molar-refractivity contribution in [1.29, 1.82) is 0 Å². The minimum Gasteiger partial charge on any atom is -0.381 e. The molecule has 2 rings (SSSR count). The van der Waals surface area contributed by atoms with Gasteiger partial charge in [0.2, 0.25) is 0 Å². The molecule has 0 radical (unpaired) electrons. The van der Waals surface area contributed by atoms with Gasteiger partial charge in [0.15, 0.2) is 0 Å². The summed E-state index contributed by atoms with van der Waals surface area (Å²) in [5.74, 6) is 0. The number of hydrogen-bond donors (Lipinski definition) is 1. The molecule has 0 amide bonds. The van der Waals surface area contributed by atoms with Crippen LogP contribution in [-0.2, 0) is 4.74 Å². The molecule has 18 heavy (non-hydrogen) atoms. The van der Waals surface area contributed by atoms with E-state index in [1.165, 1.54) is 23.3 Å². The Morgan fingerprint density at radius 2 is 2.00 bits per heavy atom. The minimum atomic E-state index is 0.420. The lowest BCUT2D eigenvalue weighted by atomic mass is 10.0. The highest BCUT2D eigenvalue weighted by Crippen LogP contribution is 2.20. The van der Waals surface area contributed by atoms with E-state index in [-0.39, 0.29) is 0 Å². The largest absolute Gasteiger partial charge is 0.381 e. The van der Waals surface area contributed by atoms with Crippen LogP contribution in [0.3, 0.4) is 0 Å². The number of ether oxygens (including phenoxy) is 1. The zero-order valence-electron chi connectivity index (χ0n) is 11.3. The number of benzene rings is 1. The van der Waals surface area contributed by atoms with Crippen molar-refractivity contribution < 1.29 is 4.74 Å².